The molecular formula is C13H17IN4O. The van der Waals surface area contributed by atoms with Gasteiger partial charge in [0.1, 0.15) is 5.82 Å². The van der Waals surface area contributed by atoms with Crippen LogP contribution >= 0.6 is 22.6 Å². The molecule has 1 aliphatic carbocycles. The minimum absolute atomic E-state index is 0.0464. The normalized spacial score (nSPS) is 33.6. The Morgan fingerprint density at radius 1 is 1.21 bits per heavy atom. The van der Waals surface area contributed by atoms with Crippen molar-refractivity contribution >= 4 is 22.6 Å². The van der Waals surface area contributed by atoms with Crippen molar-refractivity contribution in [2.24, 2.45) is 0 Å². The lowest BCUT2D eigenvalue weighted by molar-refractivity contribution is 0.00843. The van der Waals surface area contributed by atoms with Gasteiger partial charge in [-0.25, -0.2) is 4.98 Å². The van der Waals surface area contributed by atoms with E-state index in [0.717, 1.165) is 47.8 Å². The molecule has 5 nitrogen and oxygen atoms in total. The van der Waals surface area contributed by atoms with E-state index < -0.39 is 0 Å². The van der Waals surface area contributed by atoms with Crippen molar-refractivity contribution in [3.8, 4) is 0 Å². The number of hydrogen-bond acceptors (Lipinski definition) is 4. The van der Waals surface area contributed by atoms with Gasteiger partial charge >= 0.3 is 0 Å². The highest BCUT2D eigenvalue weighted by Gasteiger charge is 2.36. The van der Waals surface area contributed by atoms with Gasteiger partial charge in [-0.15, -0.1) is 0 Å². The maximum absolute atomic E-state index is 12.1. The molecule has 1 N–H and O–H groups in total. The molecule has 19 heavy (non-hydrogen) atoms. The van der Waals surface area contributed by atoms with Crippen LogP contribution in [0.4, 0.5) is 0 Å². The zero-order valence-electron chi connectivity index (χ0n) is 10.7. The minimum Gasteiger partial charge on any atom is -0.308 e. The summed E-state index contributed by atoms with van der Waals surface area (Å²) in [6, 6.07) is 0.282. The van der Waals surface area contributed by atoms with Crippen molar-refractivity contribution in [3.63, 3.8) is 0 Å². The lowest BCUT2D eigenvalue weighted by atomic mass is 10.1. The Hall–Kier alpha value is -0.470. The number of nitrogens with zero attached hydrogens (tertiary/aromatic N) is 3. The molecule has 2 bridgehead atoms. The summed E-state index contributed by atoms with van der Waals surface area (Å²) >= 11 is 2.14. The molecule has 6 heteroatoms. The molecule has 4 heterocycles. The second-order valence-electron chi connectivity index (χ2n) is 5.78. The van der Waals surface area contributed by atoms with E-state index in [0.29, 0.717) is 5.92 Å². The summed E-state index contributed by atoms with van der Waals surface area (Å²) in [7, 11) is 0. The number of halogens is 1. The van der Waals surface area contributed by atoms with Gasteiger partial charge in [0.2, 0.25) is 0 Å². The van der Waals surface area contributed by atoms with Crippen LogP contribution in [0.5, 0.6) is 0 Å². The Morgan fingerprint density at radius 2 is 1.95 bits per heavy atom. The average Bonchev–Trinajstić information content (AvgIpc) is 3.27. The fraction of sp³-hybridized carbons (Fsp3) is 0.692. The van der Waals surface area contributed by atoms with Crippen LogP contribution in [0, 0.1) is 3.57 Å². The number of nitrogens with one attached hydrogen (secondary N) is 1. The molecule has 0 spiro atoms. The topological polar surface area (TPSA) is 52.2 Å². The Morgan fingerprint density at radius 3 is 2.53 bits per heavy atom. The molecule has 3 aliphatic heterocycles. The average molecular weight is 372 g/mol. The molecule has 1 aromatic heterocycles. The Balaban J connectivity index is 1.73. The van der Waals surface area contributed by atoms with Gasteiger partial charge in [0.15, 0.2) is 0 Å². The maximum Gasteiger partial charge on any atom is 0.264 e. The molecule has 4 aliphatic rings. The molecule has 5 rings (SSSR count). The zero-order chi connectivity index (χ0) is 13.0. The van der Waals surface area contributed by atoms with E-state index in [1.807, 2.05) is 0 Å². The van der Waals surface area contributed by atoms with Crippen LogP contribution in [0.2, 0.25) is 0 Å². The third kappa shape index (κ3) is 2.13. The van der Waals surface area contributed by atoms with Gasteiger partial charge in [-0.1, -0.05) is 0 Å². The Kier molecular flexibility index (Phi) is 2.93. The van der Waals surface area contributed by atoms with Crippen LogP contribution in [0.3, 0.4) is 0 Å². The highest BCUT2D eigenvalue weighted by atomic mass is 127. The maximum atomic E-state index is 12.1. The number of aromatic amines is 1. The summed E-state index contributed by atoms with van der Waals surface area (Å²) in [6.07, 6.45) is 2.37. The Bertz CT molecular complexity index is 560. The van der Waals surface area contributed by atoms with E-state index in [1.165, 1.54) is 12.8 Å². The van der Waals surface area contributed by atoms with Gasteiger partial charge in [-0.05, 0) is 35.4 Å². The molecule has 0 amide bonds. The number of rotatable bonds is 2. The first-order valence-electron chi connectivity index (χ1n) is 6.98. The fourth-order valence-electron chi connectivity index (χ4n) is 3.16. The van der Waals surface area contributed by atoms with E-state index in [9.17, 15) is 4.79 Å². The summed E-state index contributed by atoms with van der Waals surface area (Å²) in [6.45, 7) is 5.51. The Labute approximate surface area is 125 Å². The third-order valence-electron chi connectivity index (χ3n) is 4.47. The molecule has 0 aromatic carbocycles. The van der Waals surface area contributed by atoms with Crippen LogP contribution in [-0.4, -0.2) is 52.5 Å². The lowest BCUT2D eigenvalue weighted by Crippen LogP contribution is -2.57. The standard InChI is InChI=1S/C13H17IN4O/c14-10-11(8-1-2-8)15-12(16-13(10)19)9-7-17-3-5-18(9)6-4-17/h8-9H,1-7H2,(H,15,16,19). The zero-order valence-corrected chi connectivity index (χ0v) is 12.9. The predicted octanol–water partition coefficient (Wildman–Crippen LogP) is 0.924. The van der Waals surface area contributed by atoms with Crippen molar-refractivity contribution in [1.82, 2.24) is 19.8 Å². The first-order valence-corrected chi connectivity index (χ1v) is 8.06. The van der Waals surface area contributed by atoms with Crippen LogP contribution in [-0.2, 0) is 0 Å². The van der Waals surface area contributed by atoms with E-state index in [1.54, 1.807) is 0 Å². The highest BCUT2D eigenvalue weighted by molar-refractivity contribution is 14.1. The number of H-pyrrole nitrogens is 1. The lowest BCUT2D eigenvalue weighted by Gasteiger charge is -2.46. The summed E-state index contributed by atoms with van der Waals surface area (Å²) in [5.41, 5.74) is 1.09. The van der Waals surface area contributed by atoms with E-state index in [2.05, 4.69) is 37.4 Å². The summed E-state index contributed by atoms with van der Waals surface area (Å²) in [5, 5.41) is 0. The van der Waals surface area contributed by atoms with E-state index >= 15 is 0 Å². The molecule has 4 fully saturated rings. The monoisotopic (exact) mass is 372 g/mol. The third-order valence-corrected chi connectivity index (χ3v) is 5.51. The number of fused-ring (bicyclic) bond motifs is 3. The molecule has 3 saturated heterocycles. The molecular weight excluding hydrogens is 355 g/mol. The number of aromatic nitrogens is 2. The van der Waals surface area contributed by atoms with Crippen molar-refractivity contribution < 1.29 is 0 Å². The van der Waals surface area contributed by atoms with Crippen LogP contribution in [0.1, 0.15) is 36.3 Å². The van der Waals surface area contributed by atoms with Crippen molar-refractivity contribution in [3.05, 3.63) is 25.4 Å². The van der Waals surface area contributed by atoms with E-state index in [4.69, 9.17) is 4.98 Å². The fourth-order valence-corrected chi connectivity index (χ4v) is 3.85. The molecule has 1 aromatic rings. The predicted molar refractivity (Wildman–Crippen MR) is 80.3 cm³/mol. The largest absolute Gasteiger partial charge is 0.308 e. The second kappa shape index (κ2) is 4.53. The van der Waals surface area contributed by atoms with Gasteiger partial charge < -0.3 is 4.98 Å². The van der Waals surface area contributed by atoms with Gasteiger partial charge in [0, 0.05) is 38.6 Å². The second-order valence-corrected chi connectivity index (χ2v) is 6.86. The van der Waals surface area contributed by atoms with Crippen LogP contribution in [0.25, 0.3) is 0 Å². The summed E-state index contributed by atoms with van der Waals surface area (Å²) in [4.78, 5) is 24.9. The minimum atomic E-state index is 0.0464. The number of hydrogen-bond donors (Lipinski definition) is 1. The quantitative estimate of drug-likeness (QED) is 0.785. The molecule has 102 valence electrons. The van der Waals surface area contributed by atoms with Crippen molar-refractivity contribution in [2.45, 2.75) is 24.8 Å². The first-order chi connectivity index (χ1) is 9.22. The van der Waals surface area contributed by atoms with Crippen molar-refractivity contribution in [2.75, 3.05) is 32.7 Å². The first kappa shape index (κ1) is 12.3. The summed E-state index contributed by atoms with van der Waals surface area (Å²) < 4.78 is 0.792. The van der Waals surface area contributed by atoms with Crippen LogP contribution in [0.15, 0.2) is 4.79 Å². The number of piperazine rings is 3. The van der Waals surface area contributed by atoms with Crippen molar-refractivity contribution in [1.29, 1.82) is 0 Å². The van der Waals surface area contributed by atoms with Gasteiger partial charge in [-0.3, -0.25) is 14.6 Å². The highest BCUT2D eigenvalue weighted by Crippen LogP contribution is 2.40. The van der Waals surface area contributed by atoms with Gasteiger partial charge in [0.25, 0.3) is 5.56 Å². The van der Waals surface area contributed by atoms with Gasteiger partial charge in [0.05, 0.1) is 15.3 Å². The molecule has 1 atom stereocenters. The smallest absolute Gasteiger partial charge is 0.264 e. The SMILES string of the molecule is O=c1[nH]c(C2CN3CCN2CC3)nc(C2CC2)c1I. The van der Waals surface area contributed by atoms with E-state index in [-0.39, 0.29) is 11.6 Å². The summed E-state index contributed by atoms with van der Waals surface area (Å²) in [5.74, 6) is 1.42. The molecule has 1 saturated carbocycles. The molecule has 0 radical (unpaired) electrons. The molecule has 1 unspecified atom stereocenters. The van der Waals surface area contributed by atoms with Gasteiger partial charge in [-0.2, -0.15) is 0 Å². The van der Waals surface area contributed by atoms with Crippen LogP contribution < -0.4 is 5.56 Å².